The van der Waals surface area contributed by atoms with Crippen LogP contribution in [-0.2, 0) is 6.54 Å². The largest absolute Gasteiger partial charge is 0.332 e. The van der Waals surface area contributed by atoms with Crippen LogP contribution >= 0.6 is 47.0 Å². The van der Waals surface area contributed by atoms with Gasteiger partial charge >= 0.3 is 0 Å². The Labute approximate surface area is 169 Å². The summed E-state index contributed by atoms with van der Waals surface area (Å²) < 4.78 is 14.9. The third-order valence-corrected chi connectivity index (χ3v) is 4.64. The molecule has 0 radical (unpaired) electrons. The molecule has 1 aromatic heterocycles. The second-order valence-electron chi connectivity index (χ2n) is 5.31. The smallest absolute Gasteiger partial charge is 0.176 e. The van der Waals surface area contributed by atoms with Crippen LogP contribution in [0.15, 0.2) is 48.7 Å². The van der Waals surface area contributed by atoms with Gasteiger partial charge in [0.2, 0.25) is 0 Å². The predicted octanol–water partition coefficient (Wildman–Crippen LogP) is 5.84. The minimum atomic E-state index is -0.493. The van der Waals surface area contributed by atoms with Gasteiger partial charge < -0.3 is 10.6 Å². The molecule has 0 spiro atoms. The summed E-state index contributed by atoms with van der Waals surface area (Å²) >= 11 is 23.3. The van der Waals surface area contributed by atoms with Gasteiger partial charge in [-0.2, -0.15) is 5.10 Å². The van der Waals surface area contributed by atoms with Crippen LogP contribution in [0.25, 0.3) is 0 Å². The zero-order chi connectivity index (χ0) is 18.7. The number of benzene rings is 2. The van der Waals surface area contributed by atoms with Gasteiger partial charge in [0.15, 0.2) is 10.9 Å². The van der Waals surface area contributed by atoms with Crippen molar-refractivity contribution in [3.63, 3.8) is 0 Å². The van der Waals surface area contributed by atoms with Crippen molar-refractivity contribution in [3.05, 3.63) is 75.1 Å². The number of thiocarbonyl (C=S) groups is 1. The highest BCUT2D eigenvalue weighted by Gasteiger charge is 2.09. The number of hydrogen-bond acceptors (Lipinski definition) is 2. The molecule has 1 heterocycles. The molecule has 0 saturated carbocycles. The predicted molar refractivity (Wildman–Crippen MR) is 109 cm³/mol. The van der Waals surface area contributed by atoms with Gasteiger partial charge in [0, 0.05) is 33.6 Å². The summed E-state index contributed by atoms with van der Waals surface area (Å²) in [5, 5.41) is 11.7. The Morgan fingerprint density at radius 2 is 1.77 bits per heavy atom. The highest BCUT2D eigenvalue weighted by Crippen LogP contribution is 2.25. The molecule has 0 amide bonds. The number of aromatic nitrogens is 2. The Kier molecular flexibility index (Phi) is 5.98. The molecule has 9 heteroatoms. The molecule has 0 fully saturated rings. The van der Waals surface area contributed by atoms with E-state index in [0.29, 0.717) is 33.2 Å². The van der Waals surface area contributed by atoms with E-state index in [1.165, 1.54) is 18.2 Å². The average Bonchev–Trinajstić information content (AvgIpc) is 3.01. The fourth-order valence-electron chi connectivity index (χ4n) is 2.21. The summed E-state index contributed by atoms with van der Waals surface area (Å²) in [5.41, 5.74) is 1.35. The van der Waals surface area contributed by atoms with Crippen molar-refractivity contribution in [3.8, 4) is 0 Å². The minimum Gasteiger partial charge on any atom is -0.332 e. The van der Waals surface area contributed by atoms with E-state index in [1.807, 2.05) is 0 Å². The van der Waals surface area contributed by atoms with Gasteiger partial charge in [-0.3, -0.25) is 4.68 Å². The molecule has 2 aromatic carbocycles. The fraction of sp³-hybridized carbons (Fsp3) is 0.0588. The first-order valence-electron chi connectivity index (χ1n) is 7.42. The standard InChI is InChI=1S/C17H12Cl3FN4S/c18-12-2-1-3-13(19)11(12)9-25-7-6-16(24-25)23-17(26)22-10-4-5-15(21)14(20)8-10/h1-8H,9H2,(H2,22,23,24,26). The quantitative estimate of drug-likeness (QED) is 0.511. The Morgan fingerprint density at radius 1 is 1.04 bits per heavy atom. The third kappa shape index (κ3) is 4.65. The molecule has 2 N–H and O–H groups in total. The lowest BCUT2D eigenvalue weighted by molar-refractivity contribution is 0.628. The lowest BCUT2D eigenvalue weighted by Gasteiger charge is -2.09. The normalized spacial score (nSPS) is 10.6. The molecular weight excluding hydrogens is 418 g/mol. The maximum Gasteiger partial charge on any atom is 0.176 e. The molecule has 0 aliphatic rings. The van der Waals surface area contributed by atoms with Crippen molar-refractivity contribution in [2.45, 2.75) is 6.54 Å². The Morgan fingerprint density at radius 3 is 2.46 bits per heavy atom. The summed E-state index contributed by atoms with van der Waals surface area (Å²) in [6.45, 7) is 0.425. The lowest BCUT2D eigenvalue weighted by Crippen LogP contribution is -2.19. The molecule has 3 aromatic rings. The van der Waals surface area contributed by atoms with Crippen molar-refractivity contribution in [1.29, 1.82) is 0 Å². The van der Waals surface area contributed by atoms with E-state index in [-0.39, 0.29) is 5.02 Å². The number of anilines is 2. The molecule has 4 nitrogen and oxygen atoms in total. The molecule has 3 rings (SSSR count). The molecular formula is C17H12Cl3FN4S. The third-order valence-electron chi connectivity index (χ3n) is 3.44. The van der Waals surface area contributed by atoms with Crippen LogP contribution in [0.1, 0.15) is 5.56 Å². The van der Waals surface area contributed by atoms with Crippen LogP contribution in [0.3, 0.4) is 0 Å². The zero-order valence-electron chi connectivity index (χ0n) is 13.1. The SMILES string of the molecule is Fc1ccc(NC(=S)Nc2ccn(Cc3c(Cl)cccc3Cl)n2)cc1Cl. The number of nitrogens with zero attached hydrogens (tertiary/aromatic N) is 2. The van der Waals surface area contributed by atoms with Crippen molar-refractivity contribution in [2.24, 2.45) is 0 Å². The molecule has 0 saturated heterocycles. The Balaban J connectivity index is 1.64. The van der Waals surface area contributed by atoms with Crippen molar-refractivity contribution < 1.29 is 4.39 Å². The first-order chi connectivity index (χ1) is 12.4. The summed E-state index contributed by atoms with van der Waals surface area (Å²) in [7, 11) is 0. The topological polar surface area (TPSA) is 41.9 Å². The van der Waals surface area contributed by atoms with Crippen LogP contribution in [0.4, 0.5) is 15.9 Å². The zero-order valence-corrected chi connectivity index (χ0v) is 16.2. The molecule has 134 valence electrons. The van der Waals surface area contributed by atoms with Crippen LogP contribution in [-0.4, -0.2) is 14.9 Å². The van der Waals surface area contributed by atoms with Gasteiger partial charge in [-0.1, -0.05) is 40.9 Å². The van der Waals surface area contributed by atoms with E-state index in [4.69, 9.17) is 47.0 Å². The van der Waals surface area contributed by atoms with Crippen LogP contribution in [0, 0.1) is 5.82 Å². The average molecular weight is 430 g/mol. The van der Waals surface area contributed by atoms with Gasteiger partial charge in [0.25, 0.3) is 0 Å². The van der Waals surface area contributed by atoms with Gasteiger partial charge in [-0.05, 0) is 42.5 Å². The monoisotopic (exact) mass is 428 g/mol. The Hall–Kier alpha value is -1.86. The number of nitrogens with one attached hydrogen (secondary N) is 2. The van der Waals surface area contributed by atoms with E-state index in [1.54, 1.807) is 35.1 Å². The summed E-state index contributed by atoms with van der Waals surface area (Å²) in [5.74, 6) is 0.0481. The maximum absolute atomic E-state index is 13.2. The highest BCUT2D eigenvalue weighted by molar-refractivity contribution is 7.80. The summed E-state index contributed by atoms with van der Waals surface area (Å²) in [6, 6.07) is 11.3. The fourth-order valence-corrected chi connectivity index (χ4v) is 3.13. The van der Waals surface area contributed by atoms with Gasteiger partial charge in [0.05, 0.1) is 11.6 Å². The molecule has 0 aliphatic heterocycles. The minimum absolute atomic E-state index is 0.0127. The second kappa shape index (κ2) is 8.22. The Bertz CT molecular complexity index is 941. The van der Waals surface area contributed by atoms with Gasteiger partial charge in [-0.25, -0.2) is 4.39 Å². The van der Waals surface area contributed by atoms with Gasteiger partial charge in [0.1, 0.15) is 5.82 Å². The number of hydrogen-bond donors (Lipinski definition) is 2. The van der Waals surface area contributed by atoms with Crippen molar-refractivity contribution in [1.82, 2.24) is 9.78 Å². The van der Waals surface area contributed by atoms with Crippen molar-refractivity contribution >= 4 is 63.6 Å². The first kappa shape index (κ1) is 18.9. The molecule has 0 bridgehead atoms. The lowest BCUT2D eigenvalue weighted by atomic mass is 10.2. The van der Waals surface area contributed by atoms with Crippen LogP contribution < -0.4 is 10.6 Å². The van der Waals surface area contributed by atoms with E-state index in [9.17, 15) is 4.39 Å². The highest BCUT2D eigenvalue weighted by atomic mass is 35.5. The number of rotatable bonds is 4. The van der Waals surface area contributed by atoms with E-state index < -0.39 is 5.82 Å². The van der Waals surface area contributed by atoms with E-state index in [2.05, 4.69) is 15.7 Å². The first-order valence-corrected chi connectivity index (χ1v) is 8.96. The maximum atomic E-state index is 13.2. The van der Waals surface area contributed by atoms with Gasteiger partial charge in [-0.15, -0.1) is 0 Å². The van der Waals surface area contributed by atoms with E-state index in [0.717, 1.165) is 5.56 Å². The number of halogens is 4. The van der Waals surface area contributed by atoms with E-state index >= 15 is 0 Å². The molecule has 0 unspecified atom stereocenters. The summed E-state index contributed by atoms with van der Waals surface area (Å²) in [6.07, 6.45) is 1.78. The molecule has 0 atom stereocenters. The van der Waals surface area contributed by atoms with Crippen LogP contribution in [0.2, 0.25) is 15.1 Å². The second-order valence-corrected chi connectivity index (χ2v) is 6.94. The van der Waals surface area contributed by atoms with Crippen LogP contribution in [0.5, 0.6) is 0 Å². The molecule has 0 aliphatic carbocycles. The summed E-state index contributed by atoms with van der Waals surface area (Å²) in [4.78, 5) is 0. The van der Waals surface area contributed by atoms with Crippen molar-refractivity contribution in [2.75, 3.05) is 10.6 Å². The molecule has 26 heavy (non-hydrogen) atoms.